The third-order valence-corrected chi connectivity index (χ3v) is 5.41. The number of halogens is 1. The number of likely N-dealkylation sites (tertiary alicyclic amines) is 1. The minimum absolute atomic E-state index is 0.169. The van der Waals surface area contributed by atoms with Crippen LogP contribution in [0, 0.1) is 0 Å². The SMILES string of the molecule is Nc1nc2cc(-c3cccc(Cl)c3)ccc2c2nc(CN3CCCC3=O)[nH]c12. The number of nitrogens with one attached hydrogen (secondary N) is 1. The van der Waals surface area contributed by atoms with Crippen LogP contribution in [0.1, 0.15) is 18.7 Å². The lowest BCUT2D eigenvalue weighted by Crippen LogP contribution is -2.24. The van der Waals surface area contributed by atoms with Crippen molar-refractivity contribution in [1.82, 2.24) is 19.9 Å². The van der Waals surface area contributed by atoms with Gasteiger partial charge in [-0.1, -0.05) is 29.8 Å². The molecule has 1 amide bonds. The van der Waals surface area contributed by atoms with Gasteiger partial charge in [-0.3, -0.25) is 4.79 Å². The summed E-state index contributed by atoms with van der Waals surface area (Å²) >= 11 is 6.12. The number of H-pyrrole nitrogens is 1. The van der Waals surface area contributed by atoms with Crippen molar-refractivity contribution in [2.24, 2.45) is 0 Å². The molecule has 1 saturated heterocycles. The highest BCUT2D eigenvalue weighted by Crippen LogP contribution is 2.31. The Bertz CT molecular complexity index is 1230. The molecule has 2 aromatic heterocycles. The number of benzene rings is 2. The summed E-state index contributed by atoms with van der Waals surface area (Å²) in [6, 6.07) is 13.7. The summed E-state index contributed by atoms with van der Waals surface area (Å²) in [7, 11) is 0. The number of nitrogen functional groups attached to an aromatic ring is 1. The van der Waals surface area contributed by atoms with Crippen LogP contribution >= 0.6 is 11.6 Å². The Morgan fingerprint density at radius 3 is 2.79 bits per heavy atom. The van der Waals surface area contributed by atoms with Crippen LogP contribution in [0.5, 0.6) is 0 Å². The maximum Gasteiger partial charge on any atom is 0.223 e. The van der Waals surface area contributed by atoms with Gasteiger partial charge in [0.05, 0.1) is 12.1 Å². The lowest BCUT2D eigenvalue weighted by atomic mass is 10.0. The fraction of sp³-hybridized carbons (Fsp3) is 0.190. The molecule has 5 rings (SSSR count). The highest BCUT2D eigenvalue weighted by atomic mass is 35.5. The molecule has 1 fully saturated rings. The number of pyridine rings is 1. The summed E-state index contributed by atoms with van der Waals surface area (Å²) < 4.78 is 0. The molecule has 0 aliphatic carbocycles. The van der Waals surface area contributed by atoms with Gasteiger partial charge in [-0.2, -0.15) is 0 Å². The molecule has 0 bridgehead atoms. The van der Waals surface area contributed by atoms with Gasteiger partial charge >= 0.3 is 0 Å². The van der Waals surface area contributed by atoms with Crippen molar-refractivity contribution in [1.29, 1.82) is 0 Å². The average molecular weight is 392 g/mol. The molecule has 0 spiro atoms. The van der Waals surface area contributed by atoms with E-state index in [0.717, 1.165) is 46.3 Å². The van der Waals surface area contributed by atoms with Crippen LogP contribution in [0.4, 0.5) is 5.82 Å². The largest absolute Gasteiger partial charge is 0.382 e. The number of fused-ring (bicyclic) bond motifs is 3. The Labute approximate surface area is 166 Å². The summed E-state index contributed by atoms with van der Waals surface area (Å²) in [5.74, 6) is 1.30. The minimum Gasteiger partial charge on any atom is -0.382 e. The monoisotopic (exact) mass is 391 g/mol. The summed E-state index contributed by atoms with van der Waals surface area (Å²) in [4.78, 5) is 26.3. The molecule has 3 heterocycles. The molecule has 2 aromatic carbocycles. The van der Waals surface area contributed by atoms with Gasteiger partial charge < -0.3 is 15.6 Å². The quantitative estimate of drug-likeness (QED) is 0.549. The third kappa shape index (κ3) is 2.86. The molecular weight excluding hydrogens is 374 g/mol. The summed E-state index contributed by atoms with van der Waals surface area (Å²) in [6.45, 7) is 1.24. The topological polar surface area (TPSA) is 87.9 Å². The number of amides is 1. The van der Waals surface area contributed by atoms with Crippen molar-refractivity contribution in [2.75, 3.05) is 12.3 Å². The Morgan fingerprint density at radius 1 is 1.14 bits per heavy atom. The molecule has 28 heavy (non-hydrogen) atoms. The number of rotatable bonds is 3. The minimum atomic E-state index is 0.169. The highest BCUT2D eigenvalue weighted by Gasteiger charge is 2.22. The van der Waals surface area contributed by atoms with Crippen molar-refractivity contribution in [3.8, 4) is 11.1 Å². The summed E-state index contributed by atoms with van der Waals surface area (Å²) in [5.41, 5.74) is 10.5. The number of nitrogens with two attached hydrogens (primary N) is 1. The maximum absolute atomic E-state index is 11.9. The van der Waals surface area contributed by atoms with Gasteiger partial charge in [0.25, 0.3) is 0 Å². The van der Waals surface area contributed by atoms with Crippen LogP contribution < -0.4 is 5.73 Å². The van der Waals surface area contributed by atoms with Crippen LogP contribution in [-0.2, 0) is 11.3 Å². The number of hydrogen-bond acceptors (Lipinski definition) is 4. The van der Waals surface area contributed by atoms with Gasteiger partial charge in [-0.05, 0) is 41.8 Å². The van der Waals surface area contributed by atoms with Crippen molar-refractivity contribution in [2.45, 2.75) is 19.4 Å². The normalized spacial score (nSPS) is 14.5. The van der Waals surface area contributed by atoms with E-state index in [2.05, 4.69) is 9.97 Å². The predicted molar refractivity (Wildman–Crippen MR) is 111 cm³/mol. The van der Waals surface area contributed by atoms with Gasteiger partial charge in [0.15, 0.2) is 0 Å². The Hall–Kier alpha value is -3.12. The molecule has 1 aliphatic heterocycles. The van der Waals surface area contributed by atoms with E-state index in [1.54, 1.807) is 0 Å². The van der Waals surface area contributed by atoms with Gasteiger partial charge in [0, 0.05) is 23.4 Å². The number of aromatic nitrogens is 3. The van der Waals surface area contributed by atoms with E-state index < -0.39 is 0 Å². The first-order chi connectivity index (χ1) is 13.6. The van der Waals surface area contributed by atoms with E-state index in [1.165, 1.54) is 0 Å². The van der Waals surface area contributed by atoms with Crippen LogP contribution in [0.2, 0.25) is 5.02 Å². The molecule has 3 N–H and O–H groups in total. The molecule has 4 aromatic rings. The van der Waals surface area contributed by atoms with E-state index in [9.17, 15) is 4.79 Å². The number of imidazole rings is 1. The standard InChI is InChI=1S/C21H18ClN5O/c22-14-4-1-3-12(9-14)13-6-7-15-16(10-13)24-21(23)20-19(15)25-17(26-20)11-27-8-2-5-18(27)28/h1,3-4,6-7,9-10H,2,5,8,11H2,(H2,23,24)(H,25,26). The van der Waals surface area contributed by atoms with Crippen molar-refractivity contribution >= 4 is 45.3 Å². The first kappa shape index (κ1) is 17.0. The van der Waals surface area contributed by atoms with E-state index >= 15 is 0 Å². The lowest BCUT2D eigenvalue weighted by Gasteiger charge is -2.12. The van der Waals surface area contributed by atoms with Crippen molar-refractivity contribution in [3.05, 3.63) is 53.3 Å². The Kier molecular flexibility index (Phi) is 3.94. The van der Waals surface area contributed by atoms with Crippen LogP contribution in [-0.4, -0.2) is 32.3 Å². The van der Waals surface area contributed by atoms with Crippen molar-refractivity contribution < 1.29 is 4.79 Å². The highest BCUT2D eigenvalue weighted by molar-refractivity contribution is 6.30. The second-order valence-corrected chi connectivity index (χ2v) is 7.50. The second kappa shape index (κ2) is 6.49. The molecule has 6 nitrogen and oxygen atoms in total. The number of carbonyl (C=O) groups excluding carboxylic acids is 1. The Morgan fingerprint density at radius 2 is 2.00 bits per heavy atom. The van der Waals surface area contributed by atoms with Crippen molar-refractivity contribution in [3.63, 3.8) is 0 Å². The van der Waals surface area contributed by atoms with Gasteiger partial charge in [0.2, 0.25) is 5.91 Å². The smallest absolute Gasteiger partial charge is 0.223 e. The average Bonchev–Trinajstić information content (AvgIpc) is 3.29. The molecule has 7 heteroatoms. The van der Waals surface area contributed by atoms with Gasteiger partial charge in [0.1, 0.15) is 22.7 Å². The number of nitrogens with zero attached hydrogens (tertiary/aromatic N) is 3. The van der Waals surface area contributed by atoms with Gasteiger partial charge in [-0.25, -0.2) is 9.97 Å². The fourth-order valence-electron chi connectivity index (χ4n) is 3.79. The number of aromatic amines is 1. The third-order valence-electron chi connectivity index (χ3n) is 5.17. The number of anilines is 1. The zero-order chi connectivity index (χ0) is 19.3. The first-order valence-electron chi connectivity index (χ1n) is 9.20. The van der Waals surface area contributed by atoms with Crippen LogP contribution in [0.3, 0.4) is 0 Å². The zero-order valence-electron chi connectivity index (χ0n) is 15.1. The van der Waals surface area contributed by atoms with E-state index in [1.807, 2.05) is 47.4 Å². The lowest BCUT2D eigenvalue weighted by molar-refractivity contribution is -0.128. The Balaban J connectivity index is 1.60. The molecule has 0 saturated carbocycles. The number of hydrogen-bond donors (Lipinski definition) is 2. The zero-order valence-corrected chi connectivity index (χ0v) is 15.8. The molecule has 140 valence electrons. The molecule has 0 unspecified atom stereocenters. The summed E-state index contributed by atoms with van der Waals surface area (Å²) in [6.07, 6.45) is 1.51. The molecule has 0 atom stereocenters. The van der Waals surface area contributed by atoms with Crippen LogP contribution in [0.25, 0.3) is 33.1 Å². The molecule has 0 radical (unpaired) electrons. The predicted octanol–water partition coefficient (Wildman–Crippen LogP) is 4.14. The molecular formula is C21H18ClN5O. The van der Waals surface area contributed by atoms with E-state index in [4.69, 9.17) is 22.3 Å². The molecule has 1 aliphatic rings. The fourth-order valence-corrected chi connectivity index (χ4v) is 3.98. The summed E-state index contributed by atoms with van der Waals surface area (Å²) in [5, 5.41) is 1.61. The second-order valence-electron chi connectivity index (χ2n) is 7.07. The van der Waals surface area contributed by atoms with Gasteiger partial charge in [-0.15, -0.1) is 0 Å². The van der Waals surface area contributed by atoms with E-state index in [-0.39, 0.29) is 5.91 Å². The van der Waals surface area contributed by atoms with E-state index in [0.29, 0.717) is 29.3 Å². The van der Waals surface area contributed by atoms with Crippen LogP contribution in [0.15, 0.2) is 42.5 Å². The first-order valence-corrected chi connectivity index (χ1v) is 9.58. The maximum atomic E-state index is 11.9. The number of carbonyl (C=O) groups is 1.